The van der Waals surface area contributed by atoms with Gasteiger partial charge in [0.05, 0.1) is 29.7 Å². The minimum atomic E-state index is -4.45. The van der Waals surface area contributed by atoms with Gasteiger partial charge in [-0.1, -0.05) is 30.3 Å². The van der Waals surface area contributed by atoms with Gasteiger partial charge in [-0.25, -0.2) is 17.6 Å². The molecule has 0 aliphatic carbocycles. The summed E-state index contributed by atoms with van der Waals surface area (Å²) in [6.07, 6.45) is -2.43. The predicted octanol–water partition coefficient (Wildman–Crippen LogP) is 5.55. The van der Waals surface area contributed by atoms with Gasteiger partial charge in [0.1, 0.15) is 11.6 Å². The van der Waals surface area contributed by atoms with Crippen LogP contribution in [0.5, 0.6) is 5.75 Å². The highest BCUT2D eigenvalue weighted by atomic mass is 32.2. The lowest BCUT2D eigenvalue weighted by Gasteiger charge is -2.23. The molecule has 0 radical (unpaired) electrons. The minimum absolute atomic E-state index is 0.0968. The van der Waals surface area contributed by atoms with Gasteiger partial charge in [0.25, 0.3) is 0 Å². The number of ether oxygens (including phenoxy) is 2. The highest BCUT2D eigenvalue weighted by Crippen LogP contribution is 2.30. The van der Waals surface area contributed by atoms with Crippen molar-refractivity contribution in [2.24, 2.45) is 0 Å². The molecule has 0 bridgehead atoms. The number of esters is 1. The maximum atomic E-state index is 13.3. The van der Waals surface area contributed by atoms with Gasteiger partial charge < -0.3 is 9.47 Å². The standard InChI is InChI=1S/C28H29F4NO5S/c1-37-27(34)25-12-11-24(18-26(25)39(2,35)36)38-16-4-14-33(15-13-20-7-9-23(29)10-8-20)19-21-5-3-6-22(17-21)28(30,31)32/h3,5-12,17-18H,4,13-16,19H2,1-2H3. The van der Waals surface area contributed by atoms with E-state index in [0.29, 0.717) is 31.5 Å². The van der Waals surface area contributed by atoms with E-state index in [-0.39, 0.29) is 35.2 Å². The van der Waals surface area contributed by atoms with Gasteiger partial charge in [0.2, 0.25) is 0 Å². The molecule has 11 heteroatoms. The quantitative estimate of drug-likeness (QED) is 0.162. The van der Waals surface area contributed by atoms with Gasteiger partial charge in [-0.15, -0.1) is 0 Å². The van der Waals surface area contributed by atoms with Crippen molar-refractivity contribution in [3.8, 4) is 5.75 Å². The molecule has 0 heterocycles. The second-order valence-corrected chi connectivity index (χ2v) is 11.0. The minimum Gasteiger partial charge on any atom is -0.494 e. The number of hydrogen-bond acceptors (Lipinski definition) is 6. The Morgan fingerprint density at radius 2 is 1.67 bits per heavy atom. The van der Waals surface area contributed by atoms with Gasteiger partial charge in [-0.3, -0.25) is 4.90 Å². The summed E-state index contributed by atoms with van der Waals surface area (Å²) in [4.78, 5) is 13.7. The van der Waals surface area contributed by atoms with E-state index >= 15 is 0 Å². The van der Waals surface area contributed by atoms with Crippen LogP contribution in [-0.4, -0.2) is 52.3 Å². The van der Waals surface area contributed by atoms with Crippen LogP contribution in [0.25, 0.3) is 0 Å². The van der Waals surface area contributed by atoms with E-state index < -0.39 is 27.5 Å². The van der Waals surface area contributed by atoms with Gasteiger partial charge in [-0.2, -0.15) is 13.2 Å². The second-order valence-electron chi connectivity index (χ2n) is 8.97. The van der Waals surface area contributed by atoms with Crippen LogP contribution in [0.1, 0.15) is 33.5 Å². The summed E-state index contributed by atoms with van der Waals surface area (Å²) >= 11 is 0. The molecule has 0 aliphatic rings. The molecule has 0 aliphatic heterocycles. The van der Waals surface area contributed by atoms with Crippen molar-refractivity contribution in [1.29, 1.82) is 0 Å². The van der Waals surface area contributed by atoms with Crippen LogP contribution in [0, 0.1) is 5.82 Å². The second kappa shape index (κ2) is 13.1. The molecule has 0 unspecified atom stereocenters. The summed E-state index contributed by atoms with van der Waals surface area (Å²) < 4.78 is 87.5. The normalized spacial score (nSPS) is 12.0. The van der Waals surface area contributed by atoms with E-state index in [9.17, 15) is 30.8 Å². The van der Waals surface area contributed by atoms with Crippen LogP contribution in [0.3, 0.4) is 0 Å². The maximum absolute atomic E-state index is 13.3. The van der Waals surface area contributed by atoms with Gasteiger partial charge in [-0.05, 0) is 60.4 Å². The number of halogens is 4. The molecule has 0 aromatic heterocycles. The summed E-state index contributed by atoms with van der Waals surface area (Å²) in [5, 5.41) is 0. The first-order valence-electron chi connectivity index (χ1n) is 12.0. The van der Waals surface area contributed by atoms with Crippen molar-refractivity contribution in [3.63, 3.8) is 0 Å². The molecule has 0 saturated carbocycles. The lowest BCUT2D eigenvalue weighted by molar-refractivity contribution is -0.137. The lowest BCUT2D eigenvalue weighted by Crippen LogP contribution is -2.28. The third-order valence-corrected chi connectivity index (χ3v) is 7.07. The van der Waals surface area contributed by atoms with Crippen LogP contribution in [-0.2, 0) is 33.7 Å². The molecule has 0 fully saturated rings. The van der Waals surface area contributed by atoms with E-state index in [1.807, 2.05) is 4.90 Å². The third-order valence-electron chi connectivity index (χ3n) is 5.94. The fourth-order valence-electron chi connectivity index (χ4n) is 3.97. The molecule has 3 rings (SSSR count). The van der Waals surface area contributed by atoms with E-state index in [0.717, 1.165) is 31.1 Å². The Kier molecular flexibility index (Phi) is 10.1. The number of carbonyl (C=O) groups excluding carboxylic acids is 1. The number of benzene rings is 3. The number of rotatable bonds is 12. The van der Waals surface area contributed by atoms with Crippen molar-refractivity contribution in [2.45, 2.75) is 30.5 Å². The zero-order valence-electron chi connectivity index (χ0n) is 21.5. The maximum Gasteiger partial charge on any atom is 0.416 e. The Hall–Kier alpha value is -3.44. The highest BCUT2D eigenvalue weighted by molar-refractivity contribution is 7.90. The average Bonchev–Trinajstić information content (AvgIpc) is 2.89. The number of sulfone groups is 1. The molecule has 3 aromatic carbocycles. The van der Waals surface area contributed by atoms with Crippen LogP contribution in [0.15, 0.2) is 71.6 Å². The summed E-state index contributed by atoms with van der Waals surface area (Å²) in [6.45, 7) is 1.43. The monoisotopic (exact) mass is 567 g/mol. The van der Waals surface area contributed by atoms with Crippen molar-refractivity contribution in [1.82, 2.24) is 4.90 Å². The summed E-state index contributed by atoms with van der Waals surface area (Å²) in [6, 6.07) is 15.2. The number of hydrogen-bond donors (Lipinski definition) is 0. The van der Waals surface area contributed by atoms with E-state index in [1.54, 1.807) is 18.2 Å². The Balaban J connectivity index is 1.68. The smallest absolute Gasteiger partial charge is 0.416 e. The van der Waals surface area contributed by atoms with Gasteiger partial charge in [0, 0.05) is 25.9 Å². The van der Waals surface area contributed by atoms with E-state index in [4.69, 9.17) is 4.74 Å². The SMILES string of the molecule is COC(=O)c1ccc(OCCCN(CCc2ccc(F)cc2)Cc2cccc(C(F)(F)F)c2)cc1S(C)(=O)=O. The van der Waals surface area contributed by atoms with Crippen molar-refractivity contribution in [3.05, 3.63) is 94.8 Å². The lowest BCUT2D eigenvalue weighted by atomic mass is 10.1. The molecular formula is C28H29F4NO5S. The van der Waals surface area contributed by atoms with Crippen molar-refractivity contribution < 1.29 is 40.2 Å². The molecule has 210 valence electrons. The Morgan fingerprint density at radius 1 is 0.949 bits per heavy atom. The fraction of sp³-hybridized carbons (Fsp3) is 0.321. The first-order valence-corrected chi connectivity index (χ1v) is 13.9. The van der Waals surface area contributed by atoms with Gasteiger partial charge >= 0.3 is 12.1 Å². The number of nitrogens with zero attached hydrogens (tertiary/aromatic N) is 1. The van der Waals surface area contributed by atoms with Crippen molar-refractivity contribution in [2.75, 3.05) is 33.1 Å². The van der Waals surface area contributed by atoms with Crippen molar-refractivity contribution >= 4 is 15.8 Å². The molecule has 3 aromatic rings. The van der Waals surface area contributed by atoms with E-state index in [1.165, 1.54) is 36.4 Å². The van der Waals surface area contributed by atoms with Gasteiger partial charge in [0.15, 0.2) is 9.84 Å². The summed E-state index contributed by atoms with van der Waals surface area (Å²) in [5.41, 5.74) is 0.570. The largest absolute Gasteiger partial charge is 0.494 e. The zero-order chi connectivity index (χ0) is 28.6. The Labute approximate surface area is 225 Å². The third kappa shape index (κ3) is 9.07. The van der Waals surface area contributed by atoms with Crippen LogP contribution in [0.2, 0.25) is 0 Å². The van der Waals surface area contributed by atoms with Crippen LogP contribution < -0.4 is 4.74 Å². The Morgan fingerprint density at radius 3 is 2.31 bits per heavy atom. The average molecular weight is 568 g/mol. The molecular weight excluding hydrogens is 538 g/mol. The fourth-order valence-corrected chi connectivity index (χ4v) is 4.85. The zero-order valence-corrected chi connectivity index (χ0v) is 22.3. The number of methoxy groups -OCH3 is 1. The van der Waals surface area contributed by atoms with Crippen LogP contribution >= 0.6 is 0 Å². The summed E-state index contributed by atoms with van der Waals surface area (Å²) in [7, 11) is -2.58. The van der Waals surface area contributed by atoms with E-state index in [2.05, 4.69) is 4.74 Å². The first kappa shape index (κ1) is 30.1. The molecule has 0 spiro atoms. The predicted molar refractivity (Wildman–Crippen MR) is 138 cm³/mol. The van der Waals surface area contributed by atoms with Crippen LogP contribution in [0.4, 0.5) is 17.6 Å². The summed E-state index contributed by atoms with van der Waals surface area (Å²) in [5.74, 6) is -0.887. The molecule has 39 heavy (non-hydrogen) atoms. The molecule has 0 saturated heterocycles. The number of alkyl halides is 3. The molecule has 0 N–H and O–H groups in total. The Bertz CT molecular complexity index is 1380. The molecule has 0 atom stereocenters. The highest BCUT2D eigenvalue weighted by Gasteiger charge is 2.30. The first-order chi connectivity index (χ1) is 18.4. The molecule has 0 amide bonds. The number of carbonyl (C=O) groups is 1. The molecule has 6 nitrogen and oxygen atoms in total. The topological polar surface area (TPSA) is 72.9 Å².